The summed E-state index contributed by atoms with van der Waals surface area (Å²) in [6.45, 7) is 0. The minimum absolute atomic E-state index is 0.817. The number of benzene rings is 1. The van der Waals surface area contributed by atoms with Gasteiger partial charge in [0.1, 0.15) is 0 Å². The molecule has 1 aromatic carbocycles. The summed E-state index contributed by atoms with van der Waals surface area (Å²) in [7, 11) is 0.817. The highest BCUT2D eigenvalue weighted by Gasteiger charge is 2.28. The van der Waals surface area contributed by atoms with Crippen molar-refractivity contribution in [1.29, 1.82) is 0 Å². The van der Waals surface area contributed by atoms with Crippen LogP contribution in [0.25, 0.3) is 0 Å². The van der Waals surface area contributed by atoms with Crippen LogP contribution in [0, 0.1) is 23.3 Å². The first kappa shape index (κ1) is 10.6. The molecule has 0 amide bonds. The maximum absolute atomic E-state index is 12.7. The van der Waals surface area contributed by atoms with Crippen LogP contribution in [-0.2, 0) is 0 Å². The van der Waals surface area contributed by atoms with Crippen molar-refractivity contribution in [2.45, 2.75) is 0 Å². The summed E-state index contributed by atoms with van der Waals surface area (Å²) >= 11 is 0. The van der Waals surface area contributed by atoms with Crippen molar-refractivity contribution in [2.75, 3.05) is 7.11 Å². The fourth-order valence-electron chi connectivity index (χ4n) is 0.843. The summed E-state index contributed by atoms with van der Waals surface area (Å²) in [4.78, 5) is 2.84. The molecule has 0 saturated heterocycles. The van der Waals surface area contributed by atoms with Crippen molar-refractivity contribution in [3.8, 4) is 11.5 Å². The lowest BCUT2D eigenvalue weighted by Gasteiger charge is -2.07. The number of hydrogen-bond donors (Lipinski definition) is 0. The van der Waals surface area contributed by atoms with Crippen molar-refractivity contribution < 1.29 is 31.8 Å². The van der Waals surface area contributed by atoms with Crippen LogP contribution < -0.4 is 9.68 Å². The Balaban J connectivity index is 3.57. The zero-order valence-electron chi connectivity index (χ0n) is 6.71. The molecule has 0 heterocycles. The average Bonchev–Trinajstić information content (AvgIpc) is 2.20. The van der Waals surface area contributed by atoms with Crippen LogP contribution in [0.15, 0.2) is 0 Å². The third-order valence-corrected chi connectivity index (χ3v) is 1.46. The van der Waals surface area contributed by atoms with Gasteiger partial charge in [-0.3, -0.25) is 4.94 Å². The topological polar surface area (TPSA) is 18.5 Å². The van der Waals surface area contributed by atoms with Crippen LogP contribution in [0.1, 0.15) is 0 Å². The summed E-state index contributed by atoms with van der Waals surface area (Å²) in [5.41, 5.74) is 0. The molecule has 1 rings (SSSR count). The second-order valence-corrected chi connectivity index (χ2v) is 2.20. The first-order valence-corrected chi connectivity index (χ1v) is 3.23. The van der Waals surface area contributed by atoms with Gasteiger partial charge in [-0.05, 0) is 0 Å². The maximum Gasteiger partial charge on any atom is 0.255 e. The van der Waals surface area contributed by atoms with E-state index in [1.165, 1.54) is 0 Å². The lowest BCUT2D eigenvalue weighted by Crippen LogP contribution is -2.02. The van der Waals surface area contributed by atoms with E-state index in [4.69, 9.17) is 0 Å². The highest BCUT2D eigenvalue weighted by atomic mass is 19.3. The van der Waals surface area contributed by atoms with E-state index in [1.54, 1.807) is 0 Å². The zero-order valence-corrected chi connectivity index (χ0v) is 6.71. The van der Waals surface area contributed by atoms with Gasteiger partial charge in [0, 0.05) is 4.53 Å². The van der Waals surface area contributed by atoms with Gasteiger partial charge in [0.05, 0.1) is 7.11 Å². The normalized spacial score (nSPS) is 10.1. The molecule has 0 aliphatic heterocycles. The fourth-order valence-corrected chi connectivity index (χ4v) is 0.843. The van der Waals surface area contributed by atoms with Crippen LogP contribution in [-0.4, -0.2) is 7.11 Å². The molecular weight excluding hydrogens is 211 g/mol. The second kappa shape index (κ2) is 3.69. The molecule has 0 spiro atoms. The lowest BCUT2D eigenvalue weighted by atomic mass is 10.2. The predicted molar refractivity (Wildman–Crippen MR) is 34.6 cm³/mol. The summed E-state index contributed by atoms with van der Waals surface area (Å²) in [6, 6.07) is 0. The van der Waals surface area contributed by atoms with Gasteiger partial charge >= 0.3 is 0 Å². The smallest absolute Gasteiger partial charge is 0.255 e. The standard InChI is InChI=1S/C7H3F5O2/c1-13-6-4(10)2(8)3(9)5(11)7(6)14-12/h1H3. The molecule has 0 unspecified atom stereocenters. The van der Waals surface area contributed by atoms with Gasteiger partial charge in [-0.25, -0.2) is 8.78 Å². The first-order valence-electron chi connectivity index (χ1n) is 3.23. The van der Waals surface area contributed by atoms with Gasteiger partial charge in [-0.1, -0.05) is 0 Å². The highest BCUT2D eigenvalue weighted by molar-refractivity contribution is 5.43. The fraction of sp³-hybridized carbons (Fsp3) is 0.143. The van der Waals surface area contributed by atoms with Gasteiger partial charge in [0.2, 0.25) is 29.0 Å². The monoisotopic (exact) mass is 214 g/mol. The molecule has 7 heteroatoms. The molecule has 14 heavy (non-hydrogen) atoms. The Bertz CT molecular complexity index is 331. The van der Waals surface area contributed by atoms with Gasteiger partial charge in [0.25, 0.3) is 5.75 Å². The van der Waals surface area contributed by atoms with Crippen molar-refractivity contribution in [2.24, 2.45) is 0 Å². The van der Waals surface area contributed by atoms with Gasteiger partial charge in [-0.15, -0.1) is 0 Å². The largest absolute Gasteiger partial charge is 0.490 e. The summed E-state index contributed by atoms with van der Waals surface area (Å²) < 4.78 is 66.1. The van der Waals surface area contributed by atoms with Gasteiger partial charge < -0.3 is 4.74 Å². The molecule has 0 aromatic heterocycles. The zero-order chi connectivity index (χ0) is 10.9. The highest BCUT2D eigenvalue weighted by Crippen LogP contribution is 2.36. The molecule has 1 aromatic rings. The minimum atomic E-state index is -2.17. The van der Waals surface area contributed by atoms with Crippen LogP contribution in [0.5, 0.6) is 11.5 Å². The van der Waals surface area contributed by atoms with Crippen molar-refractivity contribution in [3.05, 3.63) is 23.3 Å². The Hall–Kier alpha value is -1.53. The Morgan fingerprint density at radius 2 is 1.21 bits per heavy atom. The van der Waals surface area contributed by atoms with Crippen molar-refractivity contribution in [1.82, 2.24) is 0 Å². The average molecular weight is 214 g/mol. The molecule has 0 N–H and O–H groups in total. The van der Waals surface area contributed by atoms with Crippen LogP contribution >= 0.6 is 0 Å². The SMILES string of the molecule is COc1c(F)c(F)c(F)c(F)c1OF. The molecule has 0 atom stereocenters. The van der Waals surface area contributed by atoms with E-state index >= 15 is 0 Å². The number of methoxy groups -OCH3 is 1. The van der Waals surface area contributed by atoms with E-state index in [0.29, 0.717) is 0 Å². The van der Waals surface area contributed by atoms with E-state index in [9.17, 15) is 22.1 Å². The molecule has 0 bridgehead atoms. The van der Waals surface area contributed by atoms with Crippen molar-refractivity contribution >= 4 is 0 Å². The second-order valence-electron chi connectivity index (χ2n) is 2.20. The molecule has 2 nitrogen and oxygen atoms in total. The third kappa shape index (κ3) is 1.34. The molecule has 0 radical (unpaired) electrons. The summed E-state index contributed by atoms with van der Waals surface area (Å²) in [6.07, 6.45) is 0. The van der Waals surface area contributed by atoms with E-state index in [1.807, 2.05) is 0 Å². The molecular formula is C7H3F5O2. The van der Waals surface area contributed by atoms with Crippen molar-refractivity contribution in [3.63, 3.8) is 0 Å². The van der Waals surface area contributed by atoms with E-state index in [0.717, 1.165) is 7.11 Å². The minimum Gasteiger partial charge on any atom is -0.490 e. The molecule has 0 fully saturated rings. The molecule has 78 valence electrons. The molecule has 0 aliphatic carbocycles. The Morgan fingerprint density at radius 3 is 1.57 bits per heavy atom. The Kier molecular flexibility index (Phi) is 2.78. The van der Waals surface area contributed by atoms with Crippen LogP contribution in [0.2, 0.25) is 0 Å². The first-order chi connectivity index (χ1) is 6.54. The van der Waals surface area contributed by atoms with E-state index in [2.05, 4.69) is 9.68 Å². The van der Waals surface area contributed by atoms with Crippen LogP contribution in [0.3, 0.4) is 0 Å². The number of rotatable bonds is 2. The van der Waals surface area contributed by atoms with Gasteiger partial charge in [-0.2, -0.15) is 8.78 Å². The predicted octanol–water partition coefficient (Wildman–Crippen LogP) is 2.51. The Labute approximate surface area is 74.8 Å². The summed E-state index contributed by atoms with van der Waals surface area (Å²) in [5, 5.41) is 0. The number of halogens is 5. The Morgan fingerprint density at radius 1 is 0.786 bits per heavy atom. The summed E-state index contributed by atoms with van der Waals surface area (Å²) in [5.74, 6) is -10.8. The quantitative estimate of drug-likeness (QED) is 0.427. The molecule has 0 aliphatic rings. The number of hydrogen-bond acceptors (Lipinski definition) is 2. The third-order valence-electron chi connectivity index (χ3n) is 1.46. The van der Waals surface area contributed by atoms with Gasteiger partial charge in [0.15, 0.2) is 0 Å². The number of ether oxygens (including phenoxy) is 1. The maximum atomic E-state index is 12.7. The lowest BCUT2D eigenvalue weighted by molar-refractivity contribution is -0.0153. The van der Waals surface area contributed by atoms with E-state index in [-0.39, 0.29) is 0 Å². The molecule has 0 saturated carbocycles. The van der Waals surface area contributed by atoms with Crippen LogP contribution in [0.4, 0.5) is 22.1 Å². The van der Waals surface area contributed by atoms with E-state index < -0.39 is 34.8 Å².